The first-order valence-corrected chi connectivity index (χ1v) is 8.31. The van der Waals surface area contributed by atoms with E-state index in [1.54, 1.807) is 7.11 Å². The normalized spacial score (nSPS) is 15.2. The maximum Gasteiger partial charge on any atom is 0.123 e. The van der Waals surface area contributed by atoms with Crippen molar-refractivity contribution in [2.24, 2.45) is 4.99 Å². The number of fused-ring (bicyclic) bond motifs is 1. The first-order chi connectivity index (χ1) is 11.7. The molecule has 0 atom stereocenters. The number of ether oxygens (including phenoxy) is 2. The van der Waals surface area contributed by atoms with Crippen molar-refractivity contribution in [2.45, 2.75) is 26.2 Å². The molecule has 0 unspecified atom stereocenters. The number of aryl methyl sites for hydroxylation is 1. The van der Waals surface area contributed by atoms with Gasteiger partial charge in [0.05, 0.1) is 19.4 Å². The summed E-state index contributed by atoms with van der Waals surface area (Å²) in [5.74, 6) is 1.66. The number of methoxy groups -OCH3 is 1. The summed E-state index contributed by atoms with van der Waals surface area (Å²) in [6, 6.07) is 11.9. The Morgan fingerprint density at radius 1 is 1.08 bits per heavy atom. The minimum absolute atomic E-state index is 0.0172. The SMILES string of the molecule is COc1ccc(N=C2CCCc3ccc(OCCO)c(C)c32)cc1. The van der Waals surface area contributed by atoms with Crippen LogP contribution in [-0.2, 0) is 6.42 Å². The summed E-state index contributed by atoms with van der Waals surface area (Å²) in [7, 11) is 1.66. The van der Waals surface area contributed by atoms with E-state index >= 15 is 0 Å². The minimum atomic E-state index is 0.0172. The number of nitrogens with zero attached hydrogens (tertiary/aromatic N) is 1. The van der Waals surface area contributed by atoms with Crippen LogP contribution < -0.4 is 9.47 Å². The third kappa shape index (κ3) is 3.44. The lowest BCUT2D eigenvalue weighted by Gasteiger charge is -2.22. The van der Waals surface area contributed by atoms with Gasteiger partial charge in [0.1, 0.15) is 18.1 Å². The van der Waals surface area contributed by atoms with Gasteiger partial charge in [-0.15, -0.1) is 0 Å². The van der Waals surface area contributed by atoms with Crippen molar-refractivity contribution < 1.29 is 14.6 Å². The average molecular weight is 325 g/mol. The number of benzene rings is 2. The van der Waals surface area contributed by atoms with Crippen LogP contribution in [0.1, 0.15) is 29.5 Å². The molecule has 1 aliphatic rings. The van der Waals surface area contributed by atoms with Crippen LogP contribution >= 0.6 is 0 Å². The second-order valence-electron chi connectivity index (χ2n) is 5.90. The Morgan fingerprint density at radius 3 is 2.58 bits per heavy atom. The van der Waals surface area contributed by atoms with Gasteiger partial charge in [-0.05, 0) is 62.1 Å². The minimum Gasteiger partial charge on any atom is -0.497 e. The molecule has 4 heteroatoms. The van der Waals surface area contributed by atoms with Crippen LogP contribution in [0.4, 0.5) is 5.69 Å². The molecular weight excluding hydrogens is 302 g/mol. The van der Waals surface area contributed by atoms with E-state index in [0.717, 1.165) is 47.7 Å². The van der Waals surface area contributed by atoms with Crippen LogP contribution in [0.3, 0.4) is 0 Å². The van der Waals surface area contributed by atoms with E-state index in [2.05, 4.69) is 13.0 Å². The van der Waals surface area contributed by atoms with Crippen molar-refractivity contribution in [3.8, 4) is 11.5 Å². The molecule has 2 aromatic rings. The number of rotatable bonds is 5. The largest absolute Gasteiger partial charge is 0.497 e. The molecule has 0 aromatic heterocycles. The van der Waals surface area contributed by atoms with Gasteiger partial charge in [0.15, 0.2) is 0 Å². The van der Waals surface area contributed by atoms with Crippen LogP contribution in [0.2, 0.25) is 0 Å². The Bertz CT molecular complexity index is 735. The molecule has 126 valence electrons. The highest BCUT2D eigenvalue weighted by atomic mass is 16.5. The summed E-state index contributed by atoms with van der Waals surface area (Å²) < 4.78 is 10.9. The number of hydrogen-bond acceptors (Lipinski definition) is 4. The lowest BCUT2D eigenvalue weighted by molar-refractivity contribution is 0.200. The van der Waals surface area contributed by atoms with Crippen molar-refractivity contribution in [1.82, 2.24) is 0 Å². The molecule has 0 fully saturated rings. The van der Waals surface area contributed by atoms with Crippen molar-refractivity contribution >= 4 is 11.4 Å². The molecule has 0 aliphatic heterocycles. The van der Waals surface area contributed by atoms with Gasteiger partial charge in [-0.25, -0.2) is 0 Å². The lowest BCUT2D eigenvalue weighted by Crippen LogP contribution is -2.15. The van der Waals surface area contributed by atoms with Gasteiger partial charge in [0.25, 0.3) is 0 Å². The fraction of sp³-hybridized carbons (Fsp3) is 0.350. The topological polar surface area (TPSA) is 51.0 Å². The van der Waals surface area contributed by atoms with E-state index in [0.29, 0.717) is 6.61 Å². The molecule has 0 amide bonds. The van der Waals surface area contributed by atoms with Gasteiger partial charge in [-0.1, -0.05) is 6.07 Å². The molecule has 24 heavy (non-hydrogen) atoms. The monoisotopic (exact) mass is 325 g/mol. The van der Waals surface area contributed by atoms with E-state index in [-0.39, 0.29) is 6.61 Å². The first-order valence-electron chi connectivity index (χ1n) is 8.31. The maximum atomic E-state index is 8.99. The number of aliphatic hydroxyl groups is 1. The van der Waals surface area contributed by atoms with E-state index in [1.807, 2.05) is 30.3 Å². The molecule has 0 saturated heterocycles. The van der Waals surface area contributed by atoms with E-state index in [1.165, 1.54) is 11.1 Å². The molecule has 4 nitrogen and oxygen atoms in total. The number of hydrogen-bond donors (Lipinski definition) is 1. The van der Waals surface area contributed by atoms with Crippen molar-refractivity contribution in [3.05, 3.63) is 53.1 Å². The van der Waals surface area contributed by atoms with Crippen molar-refractivity contribution in [1.29, 1.82) is 0 Å². The molecule has 3 rings (SSSR count). The van der Waals surface area contributed by atoms with E-state index in [4.69, 9.17) is 19.6 Å². The molecule has 1 N–H and O–H groups in total. The third-order valence-corrected chi connectivity index (χ3v) is 4.34. The Balaban J connectivity index is 1.98. The quantitative estimate of drug-likeness (QED) is 0.909. The Kier molecular flexibility index (Phi) is 5.16. The van der Waals surface area contributed by atoms with Gasteiger partial charge < -0.3 is 14.6 Å². The average Bonchev–Trinajstić information content (AvgIpc) is 2.62. The summed E-state index contributed by atoms with van der Waals surface area (Å²) in [5.41, 5.74) is 5.66. The highest BCUT2D eigenvalue weighted by molar-refractivity contribution is 6.05. The second kappa shape index (κ2) is 7.49. The highest BCUT2D eigenvalue weighted by Crippen LogP contribution is 2.32. The summed E-state index contributed by atoms with van der Waals surface area (Å²) in [6.45, 7) is 2.40. The van der Waals surface area contributed by atoms with Crippen LogP contribution in [0, 0.1) is 6.92 Å². The van der Waals surface area contributed by atoms with Crippen molar-refractivity contribution in [3.63, 3.8) is 0 Å². The molecule has 0 spiro atoms. The molecule has 0 bridgehead atoms. The van der Waals surface area contributed by atoms with Crippen LogP contribution in [0.25, 0.3) is 0 Å². The summed E-state index contributed by atoms with van der Waals surface area (Å²) in [4.78, 5) is 4.87. The van der Waals surface area contributed by atoms with Gasteiger partial charge >= 0.3 is 0 Å². The zero-order chi connectivity index (χ0) is 16.9. The third-order valence-electron chi connectivity index (χ3n) is 4.34. The smallest absolute Gasteiger partial charge is 0.123 e. The highest BCUT2D eigenvalue weighted by Gasteiger charge is 2.20. The molecule has 0 heterocycles. The van der Waals surface area contributed by atoms with E-state index in [9.17, 15) is 0 Å². The van der Waals surface area contributed by atoms with Gasteiger partial charge in [0.2, 0.25) is 0 Å². The van der Waals surface area contributed by atoms with Crippen LogP contribution in [0.15, 0.2) is 41.4 Å². The Labute approximate surface area is 142 Å². The Morgan fingerprint density at radius 2 is 1.88 bits per heavy atom. The fourth-order valence-electron chi connectivity index (χ4n) is 3.17. The van der Waals surface area contributed by atoms with Gasteiger partial charge in [0, 0.05) is 16.8 Å². The summed E-state index contributed by atoms with van der Waals surface area (Å²) in [5, 5.41) is 8.99. The maximum absolute atomic E-state index is 8.99. The summed E-state index contributed by atoms with van der Waals surface area (Å²) in [6.07, 6.45) is 3.14. The van der Waals surface area contributed by atoms with E-state index < -0.39 is 0 Å². The predicted octanol–water partition coefficient (Wildman–Crippen LogP) is 3.83. The van der Waals surface area contributed by atoms with Gasteiger partial charge in [-0.3, -0.25) is 4.99 Å². The number of aliphatic hydroxyl groups excluding tert-OH is 1. The second-order valence-corrected chi connectivity index (χ2v) is 5.90. The first kappa shape index (κ1) is 16.5. The molecular formula is C20H23NO3. The van der Waals surface area contributed by atoms with Crippen LogP contribution in [0.5, 0.6) is 11.5 Å². The molecule has 1 aliphatic carbocycles. The Hall–Kier alpha value is -2.33. The van der Waals surface area contributed by atoms with Crippen LogP contribution in [-0.4, -0.2) is 31.1 Å². The number of aliphatic imine (C=N–C) groups is 1. The summed E-state index contributed by atoms with van der Waals surface area (Å²) >= 11 is 0. The molecule has 0 radical (unpaired) electrons. The lowest BCUT2D eigenvalue weighted by atomic mass is 9.86. The van der Waals surface area contributed by atoms with Crippen molar-refractivity contribution in [2.75, 3.05) is 20.3 Å². The zero-order valence-corrected chi connectivity index (χ0v) is 14.2. The predicted molar refractivity (Wildman–Crippen MR) is 95.9 cm³/mol. The standard InChI is InChI=1S/C20H23NO3/c1-14-19(24-13-12-22)11-6-15-4-3-5-18(20(14)15)21-16-7-9-17(23-2)10-8-16/h6-11,22H,3-5,12-13H2,1-2H3. The van der Waals surface area contributed by atoms with Gasteiger partial charge in [-0.2, -0.15) is 0 Å². The molecule has 0 saturated carbocycles. The zero-order valence-electron chi connectivity index (χ0n) is 14.2. The fourth-order valence-corrected chi connectivity index (χ4v) is 3.17. The molecule has 2 aromatic carbocycles.